The van der Waals surface area contributed by atoms with Crippen molar-refractivity contribution >= 4 is 45.2 Å². The predicted molar refractivity (Wildman–Crippen MR) is 139 cm³/mol. The highest BCUT2D eigenvalue weighted by Gasteiger charge is 2.13. The van der Waals surface area contributed by atoms with Crippen LogP contribution in [0.2, 0.25) is 5.02 Å². The summed E-state index contributed by atoms with van der Waals surface area (Å²) in [5, 5.41) is 3.63. The van der Waals surface area contributed by atoms with Gasteiger partial charge in [0.1, 0.15) is 6.61 Å². The van der Waals surface area contributed by atoms with Crippen molar-refractivity contribution in [2.24, 2.45) is 0 Å². The van der Waals surface area contributed by atoms with Crippen LogP contribution >= 0.6 is 27.5 Å². The summed E-state index contributed by atoms with van der Waals surface area (Å²) in [7, 11) is 0. The lowest BCUT2D eigenvalue weighted by Crippen LogP contribution is -2.10. The lowest BCUT2D eigenvalue weighted by molar-refractivity contribution is -0.111. The maximum atomic E-state index is 12.6. The van der Waals surface area contributed by atoms with Crippen molar-refractivity contribution in [2.75, 3.05) is 11.9 Å². The summed E-state index contributed by atoms with van der Waals surface area (Å²) in [5.41, 5.74) is 5.78. The lowest BCUT2D eigenvalue weighted by atomic mass is 10.1. The van der Waals surface area contributed by atoms with Gasteiger partial charge in [0.2, 0.25) is 5.91 Å². The molecule has 33 heavy (non-hydrogen) atoms. The summed E-state index contributed by atoms with van der Waals surface area (Å²) >= 11 is 9.82. The van der Waals surface area contributed by atoms with E-state index in [1.807, 2.05) is 64.1 Å². The topological polar surface area (TPSA) is 47.6 Å². The number of rotatable bonds is 8. The Balaban J connectivity index is 1.77. The molecule has 0 radical (unpaired) electrons. The minimum absolute atomic E-state index is 0.196. The van der Waals surface area contributed by atoms with E-state index in [-0.39, 0.29) is 5.91 Å². The molecule has 0 aromatic heterocycles. The molecule has 0 heterocycles. The van der Waals surface area contributed by atoms with Gasteiger partial charge in [-0.05, 0) is 84.6 Å². The van der Waals surface area contributed by atoms with Crippen LogP contribution in [0.3, 0.4) is 0 Å². The Kier molecular flexibility index (Phi) is 8.59. The van der Waals surface area contributed by atoms with Crippen molar-refractivity contribution in [1.29, 1.82) is 0 Å². The highest BCUT2D eigenvalue weighted by Crippen LogP contribution is 2.38. The third kappa shape index (κ3) is 6.62. The number of aryl methyl sites for hydroxylation is 3. The van der Waals surface area contributed by atoms with Crippen LogP contribution in [0.4, 0.5) is 5.69 Å². The number of nitrogens with one attached hydrogen (secondary N) is 1. The predicted octanol–water partition coefficient (Wildman–Crippen LogP) is 7.66. The van der Waals surface area contributed by atoms with Crippen molar-refractivity contribution in [2.45, 2.75) is 34.3 Å². The van der Waals surface area contributed by atoms with Gasteiger partial charge in [0, 0.05) is 22.3 Å². The number of carbonyl (C=O) groups is 1. The van der Waals surface area contributed by atoms with Gasteiger partial charge in [-0.15, -0.1) is 0 Å². The Morgan fingerprint density at radius 3 is 2.42 bits per heavy atom. The van der Waals surface area contributed by atoms with Crippen LogP contribution in [0.5, 0.6) is 11.5 Å². The fourth-order valence-corrected chi connectivity index (χ4v) is 4.33. The molecule has 3 aromatic carbocycles. The van der Waals surface area contributed by atoms with Crippen molar-refractivity contribution in [3.8, 4) is 11.5 Å². The van der Waals surface area contributed by atoms with E-state index in [4.69, 9.17) is 21.1 Å². The number of carbonyl (C=O) groups excluding carboxylic acids is 1. The van der Waals surface area contributed by atoms with Gasteiger partial charge in [0.25, 0.3) is 0 Å². The van der Waals surface area contributed by atoms with E-state index >= 15 is 0 Å². The molecule has 172 valence electrons. The molecule has 3 rings (SSSR count). The molecule has 0 saturated carbocycles. The summed E-state index contributed by atoms with van der Waals surface area (Å²) in [6.07, 6.45) is 3.26. The fraction of sp³-hybridized carbons (Fsp3) is 0.222. The zero-order valence-corrected chi connectivity index (χ0v) is 21.5. The second kappa shape index (κ2) is 11.4. The molecule has 0 aliphatic carbocycles. The molecule has 1 N–H and O–H groups in total. The number of hydrogen-bond donors (Lipinski definition) is 1. The molecule has 0 aliphatic heterocycles. The van der Waals surface area contributed by atoms with Gasteiger partial charge in [-0.25, -0.2) is 0 Å². The first-order valence-corrected chi connectivity index (χ1v) is 11.8. The van der Waals surface area contributed by atoms with E-state index in [9.17, 15) is 4.79 Å². The molecular weight excluding hydrogens is 502 g/mol. The maximum absolute atomic E-state index is 12.6. The van der Waals surface area contributed by atoms with Crippen LogP contribution < -0.4 is 14.8 Å². The van der Waals surface area contributed by atoms with E-state index in [1.165, 1.54) is 11.6 Å². The average molecular weight is 529 g/mol. The minimum atomic E-state index is -0.196. The first-order chi connectivity index (χ1) is 15.8. The lowest BCUT2D eigenvalue weighted by Gasteiger charge is -2.15. The molecule has 0 spiro atoms. The van der Waals surface area contributed by atoms with Gasteiger partial charge in [-0.1, -0.05) is 47.5 Å². The molecule has 1 amide bonds. The Labute approximate surface area is 208 Å². The Morgan fingerprint density at radius 2 is 1.76 bits per heavy atom. The van der Waals surface area contributed by atoms with Gasteiger partial charge in [0.15, 0.2) is 11.5 Å². The SMILES string of the molecule is CCOc1cc(/C=C/C(=O)Nc2c(C)cc(C)cc2C)cc(Br)c1OCc1ccccc1Cl. The molecule has 0 fully saturated rings. The second-order valence-corrected chi connectivity index (χ2v) is 9.00. The Morgan fingerprint density at radius 1 is 1.06 bits per heavy atom. The highest BCUT2D eigenvalue weighted by molar-refractivity contribution is 9.10. The molecule has 4 nitrogen and oxygen atoms in total. The highest BCUT2D eigenvalue weighted by atomic mass is 79.9. The molecule has 0 bridgehead atoms. The number of amides is 1. The van der Waals surface area contributed by atoms with Crippen molar-refractivity contribution in [3.05, 3.63) is 91.9 Å². The smallest absolute Gasteiger partial charge is 0.248 e. The van der Waals surface area contributed by atoms with E-state index < -0.39 is 0 Å². The first-order valence-electron chi connectivity index (χ1n) is 10.7. The van der Waals surface area contributed by atoms with Gasteiger partial charge < -0.3 is 14.8 Å². The quantitative estimate of drug-likeness (QED) is 0.305. The molecular formula is C27H27BrClNO3. The Bertz CT molecular complexity index is 1170. The van der Waals surface area contributed by atoms with Crippen molar-refractivity contribution in [3.63, 3.8) is 0 Å². The zero-order chi connectivity index (χ0) is 24.0. The standard InChI is InChI=1S/C27H27BrClNO3/c1-5-32-24-15-20(10-11-25(31)30-26-18(3)12-17(2)13-19(26)4)14-22(28)27(24)33-16-21-8-6-7-9-23(21)29/h6-15H,5,16H2,1-4H3,(H,30,31)/b11-10+. The second-order valence-electron chi connectivity index (χ2n) is 7.74. The van der Waals surface area contributed by atoms with Crippen LogP contribution in [-0.2, 0) is 11.4 Å². The summed E-state index contributed by atoms with van der Waals surface area (Å²) < 4.78 is 12.6. The molecule has 0 unspecified atom stereocenters. The molecule has 3 aromatic rings. The van der Waals surface area contributed by atoms with Crippen LogP contribution in [0, 0.1) is 20.8 Å². The number of anilines is 1. The van der Waals surface area contributed by atoms with Crippen LogP contribution in [0.1, 0.15) is 34.7 Å². The number of hydrogen-bond acceptors (Lipinski definition) is 3. The van der Waals surface area contributed by atoms with Gasteiger partial charge in [-0.2, -0.15) is 0 Å². The largest absolute Gasteiger partial charge is 0.490 e. The minimum Gasteiger partial charge on any atom is -0.490 e. The Hall–Kier alpha value is -2.76. The molecule has 6 heteroatoms. The van der Waals surface area contributed by atoms with Crippen LogP contribution in [-0.4, -0.2) is 12.5 Å². The zero-order valence-electron chi connectivity index (χ0n) is 19.2. The van der Waals surface area contributed by atoms with Gasteiger partial charge >= 0.3 is 0 Å². The van der Waals surface area contributed by atoms with Crippen molar-refractivity contribution in [1.82, 2.24) is 0 Å². The monoisotopic (exact) mass is 527 g/mol. The van der Waals surface area contributed by atoms with Gasteiger partial charge in [0.05, 0.1) is 11.1 Å². The number of halogens is 2. The average Bonchev–Trinajstić information content (AvgIpc) is 2.75. The van der Waals surface area contributed by atoms with E-state index in [1.54, 1.807) is 6.08 Å². The van der Waals surface area contributed by atoms with Crippen LogP contribution in [0.25, 0.3) is 6.08 Å². The fourth-order valence-electron chi connectivity index (χ4n) is 3.57. The van der Waals surface area contributed by atoms with Crippen LogP contribution in [0.15, 0.2) is 59.1 Å². The summed E-state index contributed by atoms with van der Waals surface area (Å²) in [6, 6.07) is 15.4. The maximum Gasteiger partial charge on any atom is 0.248 e. The number of benzene rings is 3. The third-order valence-corrected chi connectivity index (χ3v) is 5.97. The van der Waals surface area contributed by atoms with Gasteiger partial charge in [-0.3, -0.25) is 4.79 Å². The third-order valence-electron chi connectivity index (χ3n) is 5.01. The van der Waals surface area contributed by atoms with E-state index in [0.29, 0.717) is 29.7 Å². The normalized spacial score (nSPS) is 11.0. The molecule has 0 atom stereocenters. The van der Waals surface area contributed by atoms with E-state index in [2.05, 4.69) is 33.4 Å². The summed E-state index contributed by atoms with van der Waals surface area (Å²) in [5.74, 6) is 0.978. The summed E-state index contributed by atoms with van der Waals surface area (Å²) in [6.45, 7) is 8.73. The molecule has 0 aliphatic rings. The first kappa shape index (κ1) is 24.9. The number of ether oxygens (including phenoxy) is 2. The van der Waals surface area contributed by atoms with E-state index in [0.717, 1.165) is 32.4 Å². The summed E-state index contributed by atoms with van der Waals surface area (Å²) in [4.78, 5) is 12.6. The molecule has 0 saturated heterocycles. The van der Waals surface area contributed by atoms with Crippen molar-refractivity contribution < 1.29 is 14.3 Å².